The molecular formula is C20H27N11O12P+. The Bertz CT molecular complexity index is 1860. The summed E-state index contributed by atoms with van der Waals surface area (Å²) in [7, 11) is -4.93. The van der Waals surface area contributed by atoms with Crippen molar-refractivity contribution in [2.45, 2.75) is 49.0 Å². The van der Waals surface area contributed by atoms with E-state index in [1.54, 1.807) is 0 Å². The molecule has 2 aliphatic rings. The predicted molar refractivity (Wildman–Crippen MR) is 141 cm³/mol. The van der Waals surface area contributed by atoms with E-state index in [-0.39, 0.29) is 34.2 Å². The maximum atomic E-state index is 12.7. The summed E-state index contributed by atoms with van der Waals surface area (Å²) in [6.07, 6.45) is -7.48. The van der Waals surface area contributed by atoms with Gasteiger partial charge in [-0.1, -0.05) is 4.62 Å². The summed E-state index contributed by atoms with van der Waals surface area (Å²) in [4.78, 5) is 54.8. The smallest absolute Gasteiger partial charge is 0.393 e. The largest absolute Gasteiger partial charge is 0.518 e. The van der Waals surface area contributed by atoms with Gasteiger partial charge in [0.2, 0.25) is 11.9 Å². The van der Waals surface area contributed by atoms with Crippen molar-refractivity contribution < 1.29 is 54.0 Å². The Morgan fingerprint density at radius 1 is 0.909 bits per heavy atom. The molecule has 4 aromatic rings. The van der Waals surface area contributed by atoms with Crippen LogP contribution in [0, 0.1) is 0 Å². The van der Waals surface area contributed by atoms with E-state index in [0.29, 0.717) is 0 Å². The van der Waals surface area contributed by atoms with Gasteiger partial charge < -0.3 is 41.4 Å². The highest BCUT2D eigenvalue weighted by atomic mass is 31.2. The molecule has 2 saturated heterocycles. The molecule has 4 aromatic heterocycles. The molecule has 13 N–H and O–H groups in total. The molecule has 24 heteroatoms. The van der Waals surface area contributed by atoms with Gasteiger partial charge in [0.25, 0.3) is 11.1 Å². The first-order chi connectivity index (χ1) is 20.9. The van der Waals surface area contributed by atoms with Crippen molar-refractivity contribution >= 4 is 42.0 Å². The fourth-order valence-electron chi connectivity index (χ4n) is 5.02. The van der Waals surface area contributed by atoms with Crippen molar-refractivity contribution in [2.75, 3.05) is 24.7 Å². The molecule has 0 bridgehead atoms. The number of aromatic nitrogens is 8. The number of hydrogen-bond donors (Lipinski definition) is 10. The normalized spacial score (nSPS) is 30.4. The van der Waals surface area contributed by atoms with Crippen LogP contribution in [0.4, 0.5) is 11.9 Å². The van der Waals surface area contributed by atoms with E-state index in [1.807, 2.05) is 0 Å². The summed E-state index contributed by atoms with van der Waals surface area (Å²) in [6.45, 7) is -1.40. The van der Waals surface area contributed by atoms with Gasteiger partial charge in [-0.25, -0.2) is 14.5 Å². The molecule has 6 heterocycles. The van der Waals surface area contributed by atoms with Crippen molar-refractivity contribution in [1.29, 1.82) is 0 Å². The lowest BCUT2D eigenvalue weighted by Crippen LogP contribution is -2.92. The zero-order valence-electron chi connectivity index (χ0n) is 22.1. The van der Waals surface area contributed by atoms with Crippen LogP contribution < -0.4 is 28.1 Å². The number of rotatable bonds is 9. The van der Waals surface area contributed by atoms with E-state index in [1.165, 1.54) is 10.9 Å². The number of quaternary nitrogens is 1. The lowest BCUT2D eigenvalue weighted by atomic mass is 10.1. The molecule has 2 fully saturated rings. The number of nitrogens with two attached hydrogens (primary N) is 3. The van der Waals surface area contributed by atoms with Crippen LogP contribution in [0.15, 0.2) is 22.2 Å². The lowest BCUT2D eigenvalue weighted by Gasteiger charge is -2.19. The van der Waals surface area contributed by atoms with E-state index in [2.05, 4.69) is 29.9 Å². The summed E-state index contributed by atoms with van der Waals surface area (Å²) >= 11 is 0. The minimum absolute atomic E-state index is 0.0184. The number of phosphoric acid groups is 1. The highest BCUT2D eigenvalue weighted by molar-refractivity contribution is 7.47. The highest BCUT2D eigenvalue weighted by Crippen LogP contribution is 2.42. The Balaban J connectivity index is 1.10. The Morgan fingerprint density at radius 2 is 1.43 bits per heavy atom. The number of fused-ring (bicyclic) bond motifs is 2. The average molecular weight is 644 g/mol. The first-order valence-electron chi connectivity index (χ1n) is 12.8. The van der Waals surface area contributed by atoms with Crippen LogP contribution in [0.3, 0.4) is 0 Å². The first-order valence-corrected chi connectivity index (χ1v) is 14.3. The molecule has 44 heavy (non-hydrogen) atoms. The first kappa shape index (κ1) is 30.2. The zero-order chi connectivity index (χ0) is 31.5. The van der Waals surface area contributed by atoms with E-state index in [4.69, 9.17) is 30.1 Å². The number of anilines is 2. The predicted octanol–water partition coefficient (Wildman–Crippen LogP) is -5.73. The van der Waals surface area contributed by atoms with Gasteiger partial charge in [0.05, 0.1) is 25.9 Å². The summed E-state index contributed by atoms with van der Waals surface area (Å²) in [5.41, 5.74) is 10.4. The Kier molecular flexibility index (Phi) is 7.71. The van der Waals surface area contributed by atoms with Crippen molar-refractivity contribution in [2.24, 2.45) is 0 Å². The molecule has 0 radical (unpaired) electrons. The van der Waals surface area contributed by atoms with Crippen molar-refractivity contribution in [3.8, 4) is 0 Å². The van der Waals surface area contributed by atoms with Crippen LogP contribution >= 0.6 is 7.82 Å². The van der Waals surface area contributed by atoms with Crippen LogP contribution in [0.5, 0.6) is 0 Å². The third kappa shape index (κ3) is 5.24. The van der Waals surface area contributed by atoms with Gasteiger partial charge in [-0.2, -0.15) is 15.4 Å². The van der Waals surface area contributed by atoms with Gasteiger partial charge in [-0.15, -0.1) is 0 Å². The maximum absolute atomic E-state index is 12.7. The van der Waals surface area contributed by atoms with E-state index in [9.17, 15) is 39.5 Å². The van der Waals surface area contributed by atoms with E-state index >= 15 is 0 Å². The summed E-state index contributed by atoms with van der Waals surface area (Å²) in [5.74, 6) is -0.445. The average Bonchev–Trinajstić information content (AvgIpc) is 3.71. The van der Waals surface area contributed by atoms with Gasteiger partial charge in [-0.05, 0) is 0 Å². The topological polar surface area (TPSA) is 351 Å². The Labute approximate surface area is 242 Å². The molecule has 1 unspecified atom stereocenters. The monoisotopic (exact) mass is 644 g/mol. The number of hydroxylamine groups is 1. The van der Waals surface area contributed by atoms with Gasteiger partial charge >= 0.3 is 7.82 Å². The van der Waals surface area contributed by atoms with Gasteiger partial charge in [0.15, 0.2) is 46.9 Å². The molecule has 6 rings (SSSR count). The summed E-state index contributed by atoms with van der Waals surface area (Å²) in [6, 6.07) is -1.19. The number of nitrogens with zero attached hydrogens (tertiary/aromatic N) is 6. The van der Waals surface area contributed by atoms with Gasteiger partial charge in [0, 0.05) is 0 Å². The lowest BCUT2D eigenvalue weighted by molar-refractivity contribution is -0.891. The second-order valence-electron chi connectivity index (χ2n) is 9.92. The molecule has 0 spiro atoms. The van der Waals surface area contributed by atoms with Gasteiger partial charge in [0.1, 0.15) is 24.4 Å². The van der Waals surface area contributed by atoms with Gasteiger partial charge in [-0.3, -0.25) is 38.1 Å². The quantitative estimate of drug-likeness (QED) is 0.0599. The molecule has 0 aromatic carbocycles. The van der Waals surface area contributed by atoms with Crippen molar-refractivity contribution in [3.63, 3.8) is 0 Å². The number of hydrogen-bond acceptors (Lipinski definition) is 17. The Morgan fingerprint density at radius 3 is 1.98 bits per heavy atom. The third-order valence-electron chi connectivity index (χ3n) is 7.15. The van der Waals surface area contributed by atoms with Crippen LogP contribution in [-0.2, 0) is 23.2 Å². The minimum Gasteiger partial charge on any atom is -0.393 e. The molecule has 0 saturated carbocycles. The molecule has 0 amide bonds. The number of phosphoric ester groups is 1. The summed E-state index contributed by atoms with van der Waals surface area (Å²) in [5, 5.41) is 41.8. The molecule has 238 valence electrons. The second-order valence-corrected chi connectivity index (χ2v) is 11.3. The molecule has 23 nitrogen and oxygen atoms in total. The number of imidazole rings is 2. The van der Waals surface area contributed by atoms with Crippen LogP contribution in [0.1, 0.15) is 12.5 Å². The number of aromatic amines is 2. The van der Waals surface area contributed by atoms with Crippen LogP contribution in [-0.4, -0.2) is 114 Å². The fourth-order valence-corrected chi connectivity index (χ4v) is 5.71. The van der Waals surface area contributed by atoms with Crippen LogP contribution in [0.2, 0.25) is 0 Å². The number of nitrogen functional groups attached to an aromatic ring is 2. The highest BCUT2D eigenvalue weighted by Gasteiger charge is 2.50. The number of aliphatic hydroxyl groups excluding tert-OH is 4. The number of nitrogens with one attached hydrogen (secondary N) is 2. The Hall–Kier alpha value is -3.87. The van der Waals surface area contributed by atoms with Crippen molar-refractivity contribution in [1.82, 2.24) is 39.0 Å². The fraction of sp³-hybridized carbons (Fsp3) is 0.500. The molecule has 2 aliphatic heterocycles. The number of aliphatic hydroxyl groups is 4. The van der Waals surface area contributed by atoms with E-state index < -0.39 is 81.2 Å². The SMILES string of the molecule is Nc1nc2c(ncn2[C@@H]2O[C@H](COP(=O)(O)O[NH2+][C@H]3[C@@H](O)[C@H](n4cnc5c(=O)[nH]c(N)nc54)O[C@@H]3CO)[C@@H](O)[C@H]2O)c(=O)[nH]1. The number of H-pyrrole nitrogens is 2. The van der Waals surface area contributed by atoms with Crippen molar-refractivity contribution in [3.05, 3.63) is 33.4 Å². The maximum Gasteiger partial charge on any atom is 0.518 e. The number of ether oxygens (including phenoxy) is 2. The second kappa shape index (κ2) is 11.2. The minimum atomic E-state index is -4.93. The molecule has 0 aliphatic carbocycles. The van der Waals surface area contributed by atoms with Crippen LogP contribution in [0.25, 0.3) is 22.3 Å². The molecule has 9 atom stereocenters. The van der Waals surface area contributed by atoms with E-state index in [0.717, 1.165) is 16.4 Å². The third-order valence-corrected chi connectivity index (χ3v) is 8.01. The summed E-state index contributed by atoms with van der Waals surface area (Å²) < 4.78 is 36.2. The standard InChI is InChI=1S/C20H26N11O12P/c21-19-25-13-8(15(36)27-19)23-3-30(13)17-11(34)7(5(1-32)41-17)29-43-44(38,39)40-2-6-10(33)12(35)18(42-6)31-4-24-9-14(31)26-20(22)28-16(9)37/h3-7,10-12,17-18,29,32-35H,1-2H2,(H,38,39)(H3,21,25,27,36)(H3,22,26,28,37)/p+1/t5-,6-,7-,10-,11-,12-,17-,18-/m1/s1. The molecular weight excluding hydrogens is 617 g/mol. The zero-order valence-corrected chi connectivity index (χ0v) is 23.0.